The molecule has 0 spiro atoms. The third kappa shape index (κ3) is 5.65. The number of fused-ring (bicyclic) bond motifs is 1. The average molecular weight is 512 g/mol. The topological polar surface area (TPSA) is 119 Å². The van der Waals surface area contributed by atoms with Crippen LogP contribution in [0, 0.1) is 0 Å². The highest BCUT2D eigenvalue weighted by atomic mass is 16.5. The average Bonchev–Trinajstić information content (AvgIpc) is 3.53. The van der Waals surface area contributed by atoms with Crippen LogP contribution in [0.25, 0.3) is 22.6 Å². The second kappa shape index (κ2) is 11.1. The lowest BCUT2D eigenvalue weighted by Gasteiger charge is -2.13. The Hall–Kier alpha value is -4.70. The fourth-order valence-corrected chi connectivity index (χ4v) is 4.11. The highest BCUT2D eigenvalue weighted by Crippen LogP contribution is 2.25. The van der Waals surface area contributed by atoms with Crippen molar-refractivity contribution in [1.29, 1.82) is 0 Å². The van der Waals surface area contributed by atoms with Crippen molar-refractivity contribution in [3.05, 3.63) is 84.1 Å². The lowest BCUT2D eigenvalue weighted by molar-refractivity contribution is 0.102. The summed E-state index contributed by atoms with van der Waals surface area (Å²) in [6.07, 6.45) is 1.53. The van der Waals surface area contributed by atoms with Gasteiger partial charge < -0.3 is 25.1 Å². The van der Waals surface area contributed by atoms with Gasteiger partial charge in [0.15, 0.2) is 11.6 Å². The van der Waals surface area contributed by atoms with Gasteiger partial charge in [-0.05, 0) is 48.9 Å². The third-order valence-corrected chi connectivity index (χ3v) is 5.98. The number of aromatic amines is 1. The summed E-state index contributed by atoms with van der Waals surface area (Å²) in [7, 11) is 3.29. The van der Waals surface area contributed by atoms with Gasteiger partial charge in [-0.25, -0.2) is 9.97 Å². The van der Waals surface area contributed by atoms with E-state index in [1.165, 1.54) is 6.20 Å². The lowest BCUT2D eigenvalue weighted by atomic mass is 10.2. The first-order valence-electron chi connectivity index (χ1n) is 12.2. The molecule has 0 saturated carbocycles. The van der Waals surface area contributed by atoms with Gasteiger partial charge in [0.25, 0.3) is 5.91 Å². The molecule has 3 aromatic heterocycles. The van der Waals surface area contributed by atoms with Crippen LogP contribution in [0.15, 0.2) is 72.9 Å². The molecule has 0 bridgehead atoms. The molecule has 194 valence electrons. The summed E-state index contributed by atoms with van der Waals surface area (Å²) in [4.78, 5) is 25.4. The quantitative estimate of drug-likeness (QED) is 0.251. The molecule has 38 heavy (non-hydrogen) atoms. The van der Waals surface area contributed by atoms with Crippen molar-refractivity contribution in [3.63, 3.8) is 0 Å². The van der Waals surface area contributed by atoms with Gasteiger partial charge in [0.1, 0.15) is 17.3 Å². The number of carbonyl (C=O) groups is 1. The minimum absolute atomic E-state index is 0.0958. The number of benzene rings is 2. The van der Waals surface area contributed by atoms with Gasteiger partial charge in [0.05, 0.1) is 36.9 Å². The van der Waals surface area contributed by atoms with Gasteiger partial charge in [0.2, 0.25) is 0 Å². The number of pyridine rings is 1. The molecule has 5 rings (SSSR count). The molecule has 0 fully saturated rings. The monoisotopic (exact) mass is 511 g/mol. The molecule has 0 aliphatic heterocycles. The third-order valence-electron chi connectivity index (χ3n) is 5.98. The summed E-state index contributed by atoms with van der Waals surface area (Å²) in [5.41, 5.74) is 3.97. The SMILES string of the molecule is COCC(C)Nc1ccc(C(=O)Nc2cc(-c3nc4ccccc4[nH]3)n(Cc3ccc(OC)cc3)n2)cn1. The van der Waals surface area contributed by atoms with Crippen LogP contribution in [0.2, 0.25) is 0 Å². The first-order chi connectivity index (χ1) is 18.5. The van der Waals surface area contributed by atoms with Gasteiger partial charge in [-0.2, -0.15) is 5.10 Å². The van der Waals surface area contributed by atoms with Crippen molar-refractivity contribution < 1.29 is 14.3 Å². The lowest BCUT2D eigenvalue weighted by Crippen LogP contribution is -2.21. The van der Waals surface area contributed by atoms with E-state index in [1.54, 1.807) is 26.4 Å². The summed E-state index contributed by atoms with van der Waals surface area (Å²) < 4.78 is 12.2. The van der Waals surface area contributed by atoms with Crippen molar-refractivity contribution in [1.82, 2.24) is 24.7 Å². The molecule has 2 aromatic carbocycles. The number of carbonyl (C=O) groups excluding carboxylic acids is 1. The van der Waals surface area contributed by atoms with Crippen LogP contribution in [-0.2, 0) is 11.3 Å². The number of amides is 1. The Morgan fingerprint density at radius 2 is 1.87 bits per heavy atom. The predicted molar refractivity (Wildman–Crippen MR) is 147 cm³/mol. The Balaban J connectivity index is 1.39. The van der Waals surface area contributed by atoms with E-state index in [9.17, 15) is 4.79 Å². The number of hydrogen-bond donors (Lipinski definition) is 3. The van der Waals surface area contributed by atoms with Gasteiger partial charge in [-0.15, -0.1) is 0 Å². The molecule has 1 amide bonds. The molecule has 1 unspecified atom stereocenters. The summed E-state index contributed by atoms with van der Waals surface area (Å²) in [5.74, 6) is 2.22. The highest BCUT2D eigenvalue weighted by Gasteiger charge is 2.17. The van der Waals surface area contributed by atoms with Gasteiger partial charge in [-0.3, -0.25) is 9.48 Å². The fraction of sp³-hybridized carbons (Fsp3) is 0.214. The highest BCUT2D eigenvalue weighted by molar-refractivity contribution is 6.03. The van der Waals surface area contributed by atoms with Crippen molar-refractivity contribution in [2.45, 2.75) is 19.5 Å². The first-order valence-corrected chi connectivity index (χ1v) is 12.2. The first kappa shape index (κ1) is 25.0. The van der Waals surface area contributed by atoms with Crippen LogP contribution < -0.4 is 15.4 Å². The molecule has 0 aliphatic carbocycles. The Labute approximate surface area is 220 Å². The van der Waals surface area contributed by atoms with E-state index in [-0.39, 0.29) is 11.9 Å². The molecule has 10 nitrogen and oxygen atoms in total. The number of methoxy groups -OCH3 is 2. The Kier molecular flexibility index (Phi) is 7.32. The smallest absolute Gasteiger partial charge is 0.258 e. The summed E-state index contributed by atoms with van der Waals surface area (Å²) in [5, 5.41) is 10.8. The molecule has 5 aromatic rings. The van der Waals surface area contributed by atoms with E-state index >= 15 is 0 Å². The number of hydrogen-bond acceptors (Lipinski definition) is 7. The van der Waals surface area contributed by atoms with Crippen LogP contribution in [0.5, 0.6) is 5.75 Å². The molecule has 10 heteroatoms. The van der Waals surface area contributed by atoms with E-state index in [2.05, 4.69) is 25.7 Å². The van der Waals surface area contributed by atoms with E-state index < -0.39 is 0 Å². The number of rotatable bonds is 10. The Morgan fingerprint density at radius 3 is 2.58 bits per heavy atom. The molecule has 3 N–H and O–H groups in total. The van der Waals surface area contributed by atoms with E-state index in [1.807, 2.05) is 66.2 Å². The zero-order valence-corrected chi connectivity index (χ0v) is 21.4. The molecular weight excluding hydrogens is 482 g/mol. The molecule has 0 radical (unpaired) electrons. The van der Waals surface area contributed by atoms with Crippen LogP contribution in [-0.4, -0.2) is 57.5 Å². The number of para-hydroxylation sites is 2. The maximum absolute atomic E-state index is 13.0. The second-order valence-corrected chi connectivity index (χ2v) is 8.91. The number of nitrogens with zero attached hydrogens (tertiary/aromatic N) is 4. The Morgan fingerprint density at radius 1 is 1.05 bits per heavy atom. The number of ether oxygens (including phenoxy) is 2. The fourth-order valence-electron chi connectivity index (χ4n) is 4.11. The summed E-state index contributed by atoms with van der Waals surface area (Å²) in [6, 6.07) is 21.0. The zero-order valence-electron chi connectivity index (χ0n) is 21.4. The summed E-state index contributed by atoms with van der Waals surface area (Å²) >= 11 is 0. The minimum Gasteiger partial charge on any atom is -0.497 e. The van der Waals surface area contributed by atoms with Gasteiger partial charge in [0, 0.05) is 25.4 Å². The van der Waals surface area contributed by atoms with Crippen LogP contribution in [0.4, 0.5) is 11.6 Å². The van der Waals surface area contributed by atoms with Crippen molar-refractivity contribution in [3.8, 4) is 17.3 Å². The predicted octanol–water partition coefficient (Wildman–Crippen LogP) is 4.58. The molecule has 0 aliphatic rings. The standard InChI is InChI=1S/C28H29N7O3/c1-18(17-37-2)30-25-13-10-20(15-29-25)28(36)33-26-14-24(27-31-22-6-4-5-7-23(22)32-27)35(34-26)16-19-8-11-21(38-3)12-9-19/h4-15,18H,16-17H2,1-3H3,(H,29,30)(H,31,32)(H,33,34,36). The molecular formula is C28H29N7O3. The minimum atomic E-state index is -0.306. The van der Waals surface area contributed by atoms with Crippen LogP contribution in [0.1, 0.15) is 22.8 Å². The van der Waals surface area contributed by atoms with Crippen LogP contribution in [0.3, 0.4) is 0 Å². The summed E-state index contributed by atoms with van der Waals surface area (Å²) in [6.45, 7) is 3.03. The maximum Gasteiger partial charge on any atom is 0.258 e. The number of imidazole rings is 1. The zero-order chi connectivity index (χ0) is 26.5. The number of H-pyrrole nitrogens is 1. The normalized spacial score (nSPS) is 11.9. The van der Waals surface area contributed by atoms with Crippen LogP contribution >= 0.6 is 0 Å². The number of nitrogens with one attached hydrogen (secondary N) is 3. The second-order valence-electron chi connectivity index (χ2n) is 8.91. The van der Waals surface area contributed by atoms with Gasteiger partial charge in [-0.1, -0.05) is 24.3 Å². The van der Waals surface area contributed by atoms with E-state index in [0.717, 1.165) is 28.0 Å². The van der Waals surface area contributed by atoms with E-state index in [4.69, 9.17) is 14.5 Å². The van der Waals surface area contributed by atoms with Crippen molar-refractivity contribution in [2.24, 2.45) is 0 Å². The number of anilines is 2. The number of aromatic nitrogens is 5. The molecule has 1 atom stereocenters. The molecule has 0 saturated heterocycles. The van der Waals surface area contributed by atoms with Gasteiger partial charge >= 0.3 is 0 Å². The Bertz CT molecular complexity index is 1490. The van der Waals surface area contributed by atoms with Crippen molar-refractivity contribution >= 4 is 28.6 Å². The van der Waals surface area contributed by atoms with Crippen molar-refractivity contribution in [2.75, 3.05) is 31.5 Å². The van der Waals surface area contributed by atoms with E-state index in [0.29, 0.717) is 36.2 Å². The maximum atomic E-state index is 13.0. The largest absolute Gasteiger partial charge is 0.497 e. The molecule has 3 heterocycles.